The molecule has 1 amide bonds. The summed E-state index contributed by atoms with van der Waals surface area (Å²) >= 11 is 4.30. The lowest BCUT2D eigenvalue weighted by atomic mass is 10.1. The van der Waals surface area contributed by atoms with Crippen LogP contribution >= 0.6 is 12.6 Å². The maximum Gasteiger partial charge on any atom is 0.228 e. The number of hydrogen-bond donors (Lipinski definition) is 1. The summed E-state index contributed by atoms with van der Waals surface area (Å²) < 4.78 is 5.11. The van der Waals surface area contributed by atoms with Gasteiger partial charge < -0.3 is 9.64 Å². The van der Waals surface area contributed by atoms with Crippen molar-refractivity contribution in [1.29, 1.82) is 5.26 Å². The van der Waals surface area contributed by atoms with Crippen molar-refractivity contribution in [3.8, 4) is 11.8 Å². The van der Waals surface area contributed by atoms with Crippen molar-refractivity contribution in [2.45, 2.75) is 11.7 Å². The smallest absolute Gasteiger partial charge is 0.228 e. The number of anilines is 1. The lowest BCUT2D eigenvalue weighted by Crippen LogP contribution is -2.25. The number of benzene rings is 1. The first-order valence-electron chi connectivity index (χ1n) is 5.22. The van der Waals surface area contributed by atoms with Crippen LogP contribution in [0.15, 0.2) is 18.2 Å². The molecule has 0 aliphatic carbocycles. The first-order valence-corrected chi connectivity index (χ1v) is 5.74. The minimum atomic E-state index is -0.00486. The van der Waals surface area contributed by atoms with Gasteiger partial charge in [-0.05, 0) is 12.1 Å². The van der Waals surface area contributed by atoms with Crippen molar-refractivity contribution in [2.24, 2.45) is 0 Å². The van der Waals surface area contributed by atoms with Crippen LogP contribution in [0.5, 0.6) is 5.75 Å². The van der Waals surface area contributed by atoms with Crippen LogP contribution in [0, 0.1) is 11.3 Å². The summed E-state index contributed by atoms with van der Waals surface area (Å²) in [5.41, 5.74) is 1.08. The second-order valence-electron chi connectivity index (χ2n) is 3.86. The molecule has 1 aliphatic rings. The number of hydrogen-bond acceptors (Lipinski definition) is 4. The van der Waals surface area contributed by atoms with Crippen LogP contribution in [-0.2, 0) is 4.79 Å². The van der Waals surface area contributed by atoms with Gasteiger partial charge in [0, 0.05) is 24.3 Å². The molecule has 0 bridgehead atoms. The van der Waals surface area contributed by atoms with Gasteiger partial charge in [0.05, 0.1) is 18.4 Å². The number of nitrogens with zero attached hydrogens (tertiary/aromatic N) is 2. The Morgan fingerprint density at radius 2 is 2.35 bits per heavy atom. The van der Waals surface area contributed by atoms with E-state index in [2.05, 4.69) is 18.7 Å². The van der Waals surface area contributed by atoms with Gasteiger partial charge in [-0.1, -0.05) is 0 Å². The molecule has 1 aliphatic heterocycles. The molecule has 0 N–H and O–H groups in total. The zero-order chi connectivity index (χ0) is 12.4. The molecule has 1 aromatic carbocycles. The Labute approximate surface area is 105 Å². The molecule has 17 heavy (non-hydrogen) atoms. The quantitative estimate of drug-likeness (QED) is 0.809. The van der Waals surface area contributed by atoms with E-state index in [1.807, 2.05) is 0 Å². The van der Waals surface area contributed by atoms with Crippen LogP contribution in [0.25, 0.3) is 0 Å². The Hall–Kier alpha value is -1.67. The first kappa shape index (κ1) is 11.8. The van der Waals surface area contributed by atoms with Gasteiger partial charge in [0.25, 0.3) is 0 Å². The number of nitriles is 1. The normalized spacial score (nSPS) is 19.2. The average Bonchev–Trinajstić information content (AvgIpc) is 2.67. The van der Waals surface area contributed by atoms with E-state index in [-0.39, 0.29) is 11.2 Å². The molecule has 88 valence electrons. The summed E-state index contributed by atoms with van der Waals surface area (Å²) in [5.74, 6) is 0.629. The van der Waals surface area contributed by atoms with E-state index in [9.17, 15) is 4.79 Å². The van der Waals surface area contributed by atoms with Crippen molar-refractivity contribution in [1.82, 2.24) is 0 Å². The third-order valence-electron chi connectivity index (χ3n) is 2.72. The van der Waals surface area contributed by atoms with Gasteiger partial charge >= 0.3 is 0 Å². The standard InChI is InChI=1S/C12H12N2O2S/c1-16-9-3-2-8(6-13)11(4-9)14-7-10(17)5-12(14)15/h2-4,10,17H,5,7H2,1H3. The molecule has 4 nitrogen and oxygen atoms in total. The molecule has 1 aromatic rings. The highest BCUT2D eigenvalue weighted by molar-refractivity contribution is 7.81. The van der Waals surface area contributed by atoms with Crippen LogP contribution in [0.1, 0.15) is 12.0 Å². The largest absolute Gasteiger partial charge is 0.497 e. The Balaban J connectivity index is 2.43. The maximum absolute atomic E-state index is 11.8. The van der Waals surface area contributed by atoms with Crippen LogP contribution in [-0.4, -0.2) is 24.8 Å². The lowest BCUT2D eigenvalue weighted by Gasteiger charge is -2.18. The number of carbonyl (C=O) groups excluding carboxylic acids is 1. The monoisotopic (exact) mass is 248 g/mol. The Morgan fingerprint density at radius 1 is 1.59 bits per heavy atom. The summed E-state index contributed by atoms with van der Waals surface area (Å²) in [6.07, 6.45) is 0.408. The van der Waals surface area contributed by atoms with Gasteiger partial charge in [0.2, 0.25) is 5.91 Å². The molecule has 1 atom stereocenters. The molecule has 0 spiro atoms. The topological polar surface area (TPSA) is 53.3 Å². The van der Waals surface area contributed by atoms with Crippen LogP contribution in [0.2, 0.25) is 0 Å². The molecule has 2 rings (SSSR count). The fourth-order valence-corrected chi connectivity index (χ4v) is 2.20. The summed E-state index contributed by atoms with van der Waals surface area (Å²) in [7, 11) is 1.55. The highest BCUT2D eigenvalue weighted by Crippen LogP contribution is 2.30. The zero-order valence-electron chi connectivity index (χ0n) is 9.38. The number of rotatable bonds is 2. The fraction of sp³-hybridized carbons (Fsp3) is 0.333. The molecule has 5 heteroatoms. The molecule has 1 heterocycles. The van der Waals surface area contributed by atoms with E-state index in [0.29, 0.717) is 30.0 Å². The summed E-state index contributed by atoms with van der Waals surface area (Å²) in [6, 6.07) is 7.16. The SMILES string of the molecule is COc1ccc(C#N)c(N2CC(S)CC2=O)c1. The van der Waals surface area contributed by atoms with Crippen molar-refractivity contribution >= 4 is 24.2 Å². The molecular weight excluding hydrogens is 236 g/mol. The third-order valence-corrected chi connectivity index (χ3v) is 3.07. The second kappa shape index (κ2) is 4.68. The molecule has 0 saturated carbocycles. The molecule has 1 saturated heterocycles. The Morgan fingerprint density at radius 3 is 2.88 bits per heavy atom. The molecule has 0 radical (unpaired) electrons. The van der Waals surface area contributed by atoms with Gasteiger partial charge in [-0.2, -0.15) is 17.9 Å². The summed E-state index contributed by atoms with van der Waals surface area (Å²) in [4.78, 5) is 13.4. The Kier molecular flexibility index (Phi) is 3.25. The predicted molar refractivity (Wildman–Crippen MR) is 67.5 cm³/mol. The predicted octanol–water partition coefficient (Wildman–Crippen LogP) is 1.60. The van der Waals surface area contributed by atoms with Gasteiger partial charge in [0.1, 0.15) is 11.8 Å². The molecule has 1 unspecified atom stereocenters. The lowest BCUT2D eigenvalue weighted by molar-refractivity contribution is -0.117. The first-order chi connectivity index (χ1) is 8.15. The van der Waals surface area contributed by atoms with Gasteiger partial charge in [-0.15, -0.1) is 0 Å². The highest BCUT2D eigenvalue weighted by atomic mass is 32.1. The van der Waals surface area contributed by atoms with Gasteiger partial charge in [-0.3, -0.25) is 4.79 Å². The minimum absolute atomic E-state index is 0.00486. The van der Waals surface area contributed by atoms with Crippen molar-refractivity contribution < 1.29 is 9.53 Å². The zero-order valence-corrected chi connectivity index (χ0v) is 10.3. The average molecular weight is 248 g/mol. The second-order valence-corrected chi connectivity index (χ2v) is 4.59. The number of thiol groups is 1. The molecule has 0 aromatic heterocycles. The fourth-order valence-electron chi connectivity index (χ4n) is 1.88. The number of ether oxygens (including phenoxy) is 1. The van der Waals surface area contributed by atoms with E-state index in [4.69, 9.17) is 10.00 Å². The van der Waals surface area contributed by atoms with Crippen LogP contribution < -0.4 is 9.64 Å². The molecular formula is C12H12N2O2S. The minimum Gasteiger partial charge on any atom is -0.497 e. The van der Waals surface area contributed by atoms with Crippen molar-refractivity contribution in [3.63, 3.8) is 0 Å². The van der Waals surface area contributed by atoms with Gasteiger partial charge in [-0.25, -0.2) is 0 Å². The van der Waals surface area contributed by atoms with E-state index < -0.39 is 0 Å². The number of amides is 1. The van der Waals surface area contributed by atoms with Crippen molar-refractivity contribution in [2.75, 3.05) is 18.6 Å². The molecule has 1 fully saturated rings. The summed E-state index contributed by atoms with van der Waals surface area (Å²) in [5, 5.41) is 9.07. The number of methoxy groups -OCH3 is 1. The van der Waals surface area contributed by atoms with Gasteiger partial charge in [0.15, 0.2) is 0 Å². The van der Waals surface area contributed by atoms with E-state index in [0.717, 1.165) is 0 Å². The van der Waals surface area contributed by atoms with Crippen LogP contribution in [0.3, 0.4) is 0 Å². The van der Waals surface area contributed by atoms with Crippen molar-refractivity contribution in [3.05, 3.63) is 23.8 Å². The number of carbonyl (C=O) groups is 1. The third kappa shape index (κ3) is 2.22. The maximum atomic E-state index is 11.8. The van der Waals surface area contributed by atoms with E-state index in [1.54, 1.807) is 30.2 Å². The van der Waals surface area contributed by atoms with Crippen LogP contribution in [0.4, 0.5) is 5.69 Å². The van der Waals surface area contributed by atoms with E-state index >= 15 is 0 Å². The summed E-state index contributed by atoms with van der Waals surface area (Å²) in [6.45, 7) is 0.532. The highest BCUT2D eigenvalue weighted by Gasteiger charge is 2.29. The Bertz CT molecular complexity index is 496. The van der Waals surface area contributed by atoms with E-state index in [1.165, 1.54) is 0 Å².